The molecule has 5 rings (SSSR count). The normalized spacial score (nSPS) is 19.1. The van der Waals surface area contributed by atoms with Gasteiger partial charge in [0.1, 0.15) is 27.2 Å². The summed E-state index contributed by atoms with van der Waals surface area (Å²) >= 11 is 8.73. The molecule has 178 valence electrons. The first-order valence-corrected chi connectivity index (χ1v) is 15.1. The minimum atomic E-state index is -4.63. The van der Waals surface area contributed by atoms with Crippen LogP contribution in [-0.4, -0.2) is 43.1 Å². The van der Waals surface area contributed by atoms with E-state index in [0.29, 0.717) is 26.3 Å². The average Bonchev–Trinajstić information content (AvgIpc) is 3.24. The number of hydrogen-bond donors (Lipinski definition) is 1. The highest BCUT2D eigenvalue weighted by atomic mass is 35.5. The van der Waals surface area contributed by atoms with Crippen LogP contribution >= 0.6 is 35.1 Å². The van der Waals surface area contributed by atoms with Crippen LogP contribution < -0.4 is 9.80 Å². The van der Waals surface area contributed by atoms with Gasteiger partial charge < -0.3 is 14.4 Å². The number of rotatable bonds is 5. The Morgan fingerprint density at radius 1 is 1.03 bits per heavy atom. The molecule has 2 heterocycles. The van der Waals surface area contributed by atoms with Crippen molar-refractivity contribution in [2.75, 3.05) is 21.6 Å². The fourth-order valence-corrected chi connectivity index (χ4v) is 8.02. The van der Waals surface area contributed by atoms with E-state index in [2.05, 4.69) is 0 Å². The number of fused-ring (bicyclic) bond motifs is 4. The number of benzene rings is 3. The number of thioether (sulfide) groups is 2. The first kappa shape index (κ1) is 23.8. The van der Waals surface area contributed by atoms with Crippen molar-refractivity contribution in [3.63, 3.8) is 0 Å². The van der Waals surface area contributed by atoms with Gasteiger partial charge in [0, 0.05) is 20.2 Å². The van der Waals surface area contributed by atoms with E-state index in [1.165, 1.54) is 28.4 Å². The molecule has 0 saturated heterocycles. The van der Waals surface area contributed by atoms with Crippen LogP contribution in [0.1, 0.15) is 0 Å². The first-order chi connectivity index (χ1) is 16.0. The lowest BCUT2D eigenvalue weighted by Crippen LogP contribution is -2.34. The minimum absolute atomic E-state index is 0.385. The molecule has 1 N–H and O–H groups in total. The molecule has 0 radical (unpaired) electrons. The zero-order chi connectivity index (χ0) is 24.3. The van der Waals surface area contributed by atoms with Crippen LogP contribution in [0.4, 0.5) is 11.4 Å². The van der Waals surface area contributed by atoms with Crippen LogP contribution in [0.15, 0.2) is 75.5 Å². The van der Waals surface area contributed by atoms with Crippen LogP contribution in [0.2, 0.25) is 5.02 Å². The molecule has 0 fully saturated rings. The molecule has 8 nitrogen and oxygen atoms in total. The lowest BCUT2D eigenvalue weighted by Gasteiger charge is -2.27. The summed E-state index contributed by atoms with van der Waals surface area (Å²) in [6.07, 6.45) is 1.70. The van der Waals surface area contributed by atoms with Gasteiger partial charge >= 0.3 is 0 Å². The Labute approximate surface area is 210 Å². The first-order valence-electron chi connectivity index (χ1n) is 9.79. The van der Waals surface area contributed by atoms with E-state index in [-0.39, 0.29) is 0 Å². The van der Waals surface area contributed by atoms with E-state index in [9.17, 15) is 25.9 Å². The molecule has 3 aromatic rings. The largest absolute Gasteiger partial charge is 0.747 e. The van der Waals surface area contributed by atoms with Gasteiger partial charge in [-0.2, -0.15) is 8.42 Å². The molecule has 13 heteroatoms. The molecule has 0 aliphatic carbocycles. The predicted molar refractivity (Wildman–Crippen MR) is 135 cm³/mol. The van der Waals surface area contributed by atoms with E-state index in [1.54, 1.807) is 29.2 Å². The smallest absolute Gasteiger partial charge is 0.283 e. The van der Waals surface area contributed by atoms with Crippen molar-refractivity contribution in [1.29, 1.82) is 0 Å². The van der Waals surface area contributed by atoms with Gasteiger partial charge in [-0.1, -0.05) is 65.5 Å². The molecule has 1 unspecified atom stereocenters. The van der Waals surface area contributed by atoms with Crippen molar-refractivity contribution in [3.8, 4) is 0 Å². The molecule has 0 amide bonds. The third-order valence-electron chi connectivity index (χ3n) is 5.27. The second-order valence-electron chi connectivity index (χ2n) is 7.66. The van der Waals surface area contributed by atoms with Gasteiger partial charge in [0.2, 0.25) is 0 Å². The zero-order valence-corrected chi connectivity index (χ0v) is 21.2. The van der Waals surface area contributed by atoms with Crippen LogP contribution in [0.5, 0.6) is 0 Å². The summed E-state index contributed by atoms with van der Waals surface area (Å²) in [6, 6.07) is 16.3. The van der Waals surface area contributed by atoms with Gasteiger partial charge in [0.15, 0.2) is 0 Å². The van der Waals surface area contributed by atoms with Gasteiger partial charge in [-0.3, -0.25) is 4.55 Å². The van der Waals surface area contributed by atoms with Crippen molar-refractivity contribution >= 4 is 77.5 Å². The Balaban J connectivity index is 1.61. The summed E-state index contributed by atoms with van der Waals surface area (Å²) in [5.41, 5.74) is 1.14. The van der Waals surface area contributed by atoms with Crippen LogP contribution in [-0.2, 0) is 20.2 Å². The molecule has 1 atom stereocenters. The Morgan fingerprint density at radius 3 is 2.50 bits per heavy atom. The van der Waals surface area contributed by atoms with Crippen molar-refractivity contribution in [1.82, 2.24) is 0 Å². The van der Waals surface area contributed by atoms with Crippen LogP contribution in [0.25, 0.3) is 10.8 Å². The molecule has 2 aliphatic rings. The summed E-state index contributed by atoms with van der Waals surface area (Å²) in [7, 11) is -9.02. The summed E-state index contributed by atoms with van der Waals surface area (Å²) in [4.78, 5) is 4.45. The number of hydrogen-bond acceptors (Lipinski definition) is 9. The highest BCUT2D eigenvalue weighted by Gasteiger charge is 2.35. The van der Waals surface area contributed by atoms with Crippen molar-refractivity contribution in [3.05, 3.63) is 70.7 Å². The van der Waals surface area contributed by atoms with E-state index < -0.39 is 37.4 Å². The van der Waals surface area contributed by atoms with Crippen LogP contribution in [0, 0.1) is 0 Å². The second kappa shape index (κ2) is 8.63. The van der Waals surface area contributed by atoms with Gasteiger partial charge in [-0.05, 0) is 35.7 Å². The highest BCUT2D eigenvalue weighted by molar-refractivity contribution is 8.04. The van der Waals surface area contributed by atoms with E-state index in [4.69, 9.17) is 11.6 Å². The third-order valence-corrected chi connectivity index (χ3v) is 9.03. The van der Waals surface area contributed by atoms with Crippen molar-refractivity contribution in [2.24, 2.45) is 0 Å². The zero-order valence-electron chi connectivity index (χ0n) is 17.2. The number of nitrogens with zero attached hydrogens (tertiary/aromatic N) is 2. The van der Waals surface area contributed by atoms with Crippen molar-refractivity contribution < 1.29 is 25.9 Å². The number of halogens is 1. The average molecular weight is 556 g/mol. The number of anilines is 2. The third kappa shape index (κ3) is 4.76. The summed E-state index contributed by atoms with van der Waals surface area (Å²) in [5, 5.41) is 1.98. The van der Waals surface area contributed by atoms with E-state index in [1.807, 2.05) is 36.4 Å². The molecule has 0 bridgehead atoms. The summed E-state index contributed by atoms with van der Waals surface area (Å²) in [5.74, 6) is -1.45. The molecule has 0 spiro atoms. The van der Waals surface area contributed by atoms with E-state index >= 15 is 0 Å². The van der Waals surface area contributed by atoms with E-state index in [0.717, 1.165) is 15.7 Å². The topological polar surface area (TPSA) is 118 Å². The maximum Gasteiger partial charge on any atom is 0.283 e. The van der Waals surface area contributed by atoms with Gasteiger partial charge in [0.25, 0.3) is 10.1 Å². The Morgan fingerprint density at radius 2 is 1.76 bits per heavy atom. The predicted octanol–water partition coefficient (Wildman–Crippen LogP) is 4.53. The maximum atomic E-state index is 11.9. The quantitative estimate of drug-likeness (QED) is 0.450. The summed E-state index contributed by atoms with van der Waals surface area (Å²) < 4.78 is 68.5. The molecule has 0 saturated carbocycles. The monoisotopic (exact) mass is 555 g/mol. The molecule has 3 aromatic carbocycles. The molecular weight excluding hydrogens is 540 g/mol. The van der Waals surface area contributed by atoms with Gasteiger partial charge in [0.05, 0.1) is 16.4 Å². The second-order valence-corrected chi connectivity index (χ2v) is 13.1. The SMILES string of the molecule is O=S(=O)([O-])CN1C(=CC2Sc3ccc4ccccc4c3N2CS(=O)(=O)O)Sc2ccc(Cl)cc21. The molecule has 0 aromatic heterocycles. The minimum Gasteiger partial charge on any atom is -0.747 e. The molecule has 2 aliphatic heterocycles. The fraction of sp³-hybridized carbons (Fsp3) is 0.143. The maximum absolute atomic E-state index is 11.9. The Kier molecular flexibility index (Phi) is 6.04. The Hall–Kier alpha value is -1.93. The Bertz CT molecular complexity index is 1560. The molecular formula is C21H16ClN2O6S4-. The van der Waals surface area contributed by atoms with Gasteiger partial charge in [-0.25, -0.2) is 8.42 Å². The molecule has 34 heavy (non-hydrogen) atoms. The summed E-state index contributed by atoms with van der Waals surface area (Å²) in [6.45, 7) is 0. The van der Waals surface area contributed by atoms with Crippen LogP contribution in [0.3, 0.4) is 0 Å². The lowest BCUT2D eigenvalue weighted by atomic mass is 10.1. The lowest BCUT2D eigenvalue weighted by molar-refractivity contribution is 0.462. The van der Waals surface area contributed by atoms with Gasteiger partial charge in [-0.15, -0.1) is 0 Å². The fourth-order valence-electron chi connectivity index (χ4n) is 4.00. The standard InChI is InChI=1S/C21H17ClN2O6S4/c22-14-6-8-17-16(9-14)23(11-33(25,26)27)19(31-17)10-20-24(12-34(28,29)30)21-15-4-2-1-3-13(15)5-7-18(21)32-20/h1-10,20H,11-12H2,(H,25,26,27)(H,28,29,30)/p-1. The van der Waals surface area contributed by atoms with Crippen molar-refractivity contribution in [2.45, 2.75) is 15.2 Å². The highest BCUT2D eigenvalue weighted by Crippen LogP contribution is 2.51.